The molecule has 1 aliphatic rings. The maximum atomic E-state index is 13.9. The van der Waals surface area contributed by atoms with Crippen molar-refractivity contribution >= 4 is 23.9 Å². The number of imide groups is 1. The number of methoxy groups -OCH3 is 1. The molecule has 0 spiro atoms. The van der Waals surface area contributed by atoms with E-state index in [0.29, 0.717) is 12.8 Å². The quantitative estimate of drug-likeness (QED) is 0.360. The maximum Gasteiger partial charge on any atom is 0.416 e. The van der Waals surface area contributed by atoms with Gasteiger partial charge >= 0.3 is 6.09 Å². The summed E-state index contributed by atoms with van der Waals surface area (Å²) < 4.78 is 4.90. The second kappa shape index (κ2) is 12.6. The van der Waals surface area contributed by atoms with Gasteiger partial charge in [0.25, 0.3) is 5.91 Å². The molecule has 1 heterocycles. The number of nitrogens with one attached hydrogen (secondary N) is 2. The molecule has 0 radical (unpaired) electrons. The van der Waals surface area contributed by atoms with E-state index in [4.69, 9.17) is 15.9 Å². The molecule has 4 rings (SSSR count). The molecule has 1 saturated heterocycles. The standard InChI is InChI=1S/C31H35N5O4/c1-22(36(30(39)40-2)27(37)26(32)21-23-14-6-3-7-15-23)13-12-20-35-28(38)31(34-29(35)33,24-16-8-4-9-17-24)25-18-10-5-11-19-25/h3-11,14-19,22,26H,12-13,20-21,32H2,1-2H3,(H2,33,34)/t22?,26-/m0/s1. The van der Waals surface area contributed by atoms with Crippen molar-refractivity contribution in [1.82, 2.24) is 15.1 Å². The highest BCUT2D eigenvalue weighted by Gasteiger charge is 2.51. The van der Waals surface area contributed by atoms with Gasteiger partial charge in [0.1, 0.15) is 0 Å². The number of carbonyl (C=O) groups is 3. The van der Waals surface area contributed by atoms with Crippen LogP contribution in [0, 0.1) is 5.41 Å². The van der Waals surface area contributed by atoms with Gasteiger partial charge in [-0.1, -0.05) is 91.0 Å². The van der Waals surface area contributed by atoms with Crippen LogP contribution >= 0.6 is 0 Å². The van der Waals surface area contributed by atoms with E-state index in [0.717, 1.165) is 21.6 Å². The Hall–Kier alpha value is -4.50. The lowest BCUT2D eigenvalue weighted by atomic mass is 9.82. The smallest absolute Gasteiger partial charge is 0.416 e. The largest absolute Gasteiger partial charge is 0.452 e. The Bertz CT molecular complexity index is 1290. The number of hydrogen-bond donors (Lipinski definition) is 3. The zero-order chi connectivity index (χ0) is 28.7. The average molecular weight is 542 g/mol. The van der Waals surface area contributed by atoms with Gasteiger partial charge in [-0.3, -0.25) is 19.9 Å². The van der Waals surface area contributed by atoms with Gasteiger partial charge in [-0.15, -0.1) is 0 Å². The van der Waals surface area contributed by atoms with Gasteiger partial charge in [0.15, 0.2) is 11.5 Å². The summed E-state index contributed by atoms with van der Waals surface area (Å²) in [6.07, 6.45) is 0.330. The molecule has 0 aromatic heterocycles. The van der Waals surface area contributed by atoms with Gasteiger partial charge in [-0.25, -0.2) is 9.69 Å². The minimum atomic E-state index is -1.22. The van der Waals surface area contributed by atoms with E-state index in [1.165, 1.54) is 12.0 Å². The summed E-state index contributed by atoms with van der Waals surface area (Å²) in [5, 5.41) is 11.8. The first-order chi connectivity index (χ1) is 19.3. The van der Waals surface area contributed by atoms with Crippen LogP contribution in [0.15, 0.2) is 91.0 Å². The first-order valence-electron chi connectivity index (χ1n) is 13.3. The lowest BCUT2D eigenvalue weighted by molar-refractivity contribution is -0.133. The molecule has 1 aliphatic heterocycles. The van der Waals surface area contributed by atoms with Crippen molar-refractivity contribution in [2.75, 3.05) is 13.7 Å². The molecular weight excluding hydrogens is 506 g/mol. The van der Waals surface area contributed by atoms with Gasteiger partial charge < -0.3 is 15.8 Å². The Morgan fingerprint density at radius 1 is 0.975 bits per heavy atom. The zero-order valence-corrected chi connectivity index (χ0v) is 22.7. The van der Waals surface area contributed by atoms with Crippen molar-refractivity contribution in [1.29, 1.82) is 5.41 Å². The number of guanidine groups is 1. The number of ether oxygens (including phenoxy) is 1. The SMILES string of the molecule is COC(=O)N(C(=O)[C@@H](N)Cc1ccccc1)C(C)CCCN1C(=N)NC(c2ccccc2)(c2ccccc2)C1=O. The molecule has 3 amide bonds. The Morgan fingerprint density at radius 3 is 2.02 bits per heavy atom. The topological polar surface area (TPSA) is 129 Å². The average Bonchev–Trinajstić information content (AvgIpc) is 3.24. The van der Waals surface area contributed by atoms with E-state index in [-0.39, 0.29) is 24.8 Å². The van der Waals surface area contributed by atoms with E-state index in [9.17, 15) is 14.4 Å². The van der Waals surface area contributed by atoms with E-state index in [1.54, 1.807) is 6.92 Å². The molecule has 9 nitrogen and oxygen atoms in total. The highest BCUT2D eigenvalue weighted by molar-refractivity contribution is 6.10. The van der Waals surface area contributed by atoms with Crippen LogP contribution in [0.2, 0.25) is 0 Å². The lowest BCUT2D eigenvalue weighted by Crippen LogP contribution is -2.51. The number of carbonyl (C=O) groups excluding carboxylic acids is 3. The van der Waals surface area contributed by atoms with Gasteiger partial charge in [0, 0.05) is 12.6 Å². The fourth-order valence-corrected chi connectivity index (χ4v) is 5.14. The second-order valence-corrected chi connectivity index (χ2v) is 9.88. The molecule has 3 aromatic rings. The molecule has 0 saturated carbocycles. The van der Waals surface area contributed by atoms with Crippen LogP contribution in [0.3, 0.4) is 0 Å². The Balaban J connectivity index is 1.46. The normalized spacial score (nSPS) is 15.7. The molecule has 1 fully saturated rings. The summed E-state index contributed by atoms with van der Waals surface area (Å²) in [6.45, 7) is 1.98. The zero-order valence-electron chi connectivity index (χ0n) is 22.7. The van der Waals surface area contributed by atoms with Gasteiger partial charge in [-0.2, -0.15) is 0 Å². The van der Waals surface area contributed by atoms with Crippen molar-refractivity contribution in [3.8, 4) is 0 Å². The van der Waals surface area contributed by atoms with Crippen molar-refractivity contribution < 1.29 is 19.1 Å². The van der Waals surface area contributed by atoms with Crippen molar-refractivity contribution in [2.45, 2.75) is 43.8 Å². The summed E-state index contributed by atoms with van der Waals surface area (Å²) in [5.41, 5.74) is 7.34. The summed E-state index contributed by atoms with van der Waals surface area (Å²) in [7, 11) is 1.22. The van der Waals surface area contributed by atoms with E-state index in [1.807, 2.05) is 91.0 Å². The molecule has 1 unspecified atom stereocenters. The van der Waals surface area contributed by atoms with Crippen LogP contribution in [0.4, 0.5) is 4.79 Å². The third kappa shape index (κ3) is 5.74. The van der Waals surface area contributed by atoms with Gasteiger partial charge in [-0.05, 0) is 42.9 Å². The monoisotopic (exact) mass is 541 g/mol. The number of rotatable bonds is 10. The molecule has 0 bridgehead atoms. The number of nitrogens with two attached hydrogens (primary N) is 1. The molecule has 2 atom stereocenters. The van der Waals surface area contributed by atoms with Crippen LogP contribution in [-0.2, 0) is 26.3 Å². The first-order valence-corrected chi connectivity index (χ1v) is 13.3. The molecule has 3 aromatic carbocycles. The molecule has 4 N–H and O–H groups in total. The number of hydrogen-bond acceptors (Lipinski definition) is 6. The Kier molecular flexibility index (Phi) is 8.96. The van der Waals surface area contributed by atoms with Crippen LogP contribution in [-0.4, -0.2) is 59.4 Å². The third-order valence-corrected chi connectivity index (χ3v) is 7.22. The van der Waals surface area contributed by atoms with Crippen LogP contribution in [0.25, 0.3) is 0 Å². The summed E-state index contributed by atoms with van der Waals surface area (Å²) in [5.74, 6) is -0.786. The highest BCUT2D eigenvalue weighted by atomic mass is 16.5. The van der Waals surface area contributed by atoms with Gasteiger partial charge in [0.2, 0.25) is 5.91 Å². The molecule has 9 heteroatoms. The number of amides is 3. The fourth-order valence-electron chi connectivity index (χ4n) is 5.14. The minimum absolute atomic E-state index is 0.00357. The third-order valence-electron chi connectivity index (χ3n) is 7.22. The molecule has 40 heavy (non-hydrogen) atoms. The van der Waals surface area contributed by atoms with E-state index in [2.05, 4.69) is 5.32 Å². The van der Waals surface area contributed by atoms with Crippen LogP contribution in [0.5, 0.6) is 0 Å². The molecule has 0 aliphatic carbocycles. The van der Waals surface area contributed by atoms with E-state index >= 15 is 0 Å². The van der Waals surface area contributed by atoms with Crippen LogP contribution < -0.4 is 11.1 Å². The minimum Gasteiger partial charge on any atom is -0.452 e. The fraction of sp³-hybridized carbons (Fsp3) is 0.290. The summed E-state index contributed by atoms with van der Waals surface area (Å²) in [4.78, 5) is 42.2. The summed E-state index contributed by atoms with van der Waals surface area (Å²) >= 11 is 0. The Morgan fingerprint density at radius 2 is 1.50 bits per heavy atom. The molecular formula is C31H35N5O4. The van der Waals surface area contributed by atoms with Crippen molar-refractivity contribution in [3.63, 3.8) is 0 Å². The lowest BCUT2D eigenvalue weighted by Gasteiger charge is -2.29. The highest BCUT2D eigenvalue weighted by Crippen LogP contribution is 2.36. The number of nitrogens with zero attached hydrogens (tertiary/aromatic N) is 2. The Labute approximate surface area is 234 Å². The maximum absolute atomic E-state index is 13.9. The summed E-state index contributed by atoms with van der Waals surface area (Å²) in [6, 6.07) is 26.6. The van der Waals surface area contributed by atoms with E-state index < -0.39 is 29.6 Å². The molecule has 208 valence electrons. The van der Waals surface area contributed by atoms with Crippen LogP contribution in [0.1, 0.15) is 36.5 Å². The number of benzene rings is 3. The van der Waals surface area contributed by atoms with Crippen molar-refractivity contribution in [3.05, 3.63) is 108 Å². The predicted octanol–water partition coefficient (Wildman–Crippen LogP) is 3.63. The van der Waals surface area contributed by atoms with Gasteiger partial charge in [0.05, 0.1) is 13.2 Å². The first kappa shape index (κ1) is 28.5. The van der Waals surface area contributed by atoms with Crippen molar-refractivity contribution in [2.24, 2.45) is 5.73 Å². The predicted molar refractivity (Wildman–Crippen MR) is 152 cm³/mol. The second-order valence-electron chi connectivity index (χ2n) is 9.88.